The summed E-state index contributed by atoms with van der Waals surface area (Å²) >= 11 is 0. The van der Waals surface area contributed by atoms with Gasteiger partial charge >= 0.3 is 0 Å². The number of piperazine rings is 1. The Hall–Kier alpha value is -3.54. The first-order valence-corrected chi connectivity index (χ1v) is 10.1. The number of benzene rings is 2. The van der Waals surface area contributed by atoms with Crippen molar-refractivity contribution in [1.82, 2.24) is 4.98 Å². The van der Waals surface area contributed by atoms with Crippen molar-refractivity contribution in [2.24, 2.45) is 0 Å². The number of para-hydroxylation sites is 1. The first kappa shape index (κ1) is 19.8. The summed E-state index contributed by atoms with van der Waals surface area (Å²) in [7, 11) is 1.63. The van der Waals surface area contributed by atoms with Gasteiger partial charge < -0.3 is 19.9 Å². The molecule has 30 heavy (non-hydrogen) atoms. The minimum Gasteiger partial charge on any atom is -0.497 e. The van der Waals surface area contributed by atoms with Crippen LogP contribution in [0.5, 0.6) is 5.75 Å². The van der Waals surface area contributed by atoms with Crippen molar-refractivity contribution in [3.8, 4) is 5.75 Å². The molecule has 2 aromatic carbocycles. The summed E-state index contributed by atoms with van der Waals surface area (Å²) < 4.78 is 5.14. The summed E-state index contributed by atoms with van der Waals surface area (Å²) in [6.45, 7) is 3.77. The van der Waals surface area contributed by atoms with Gasteiger partial charge in [0.1, 0.15) is 11.6 Å². The van der Waals surface area contributed by atoms with Gasteiger partial charge in [0.05, 0.1) is 25.4 Å². The molecule has 3 aromatic rings. The number of anilines is 3. The fourth-order valence-electron chi connectivity index (χ4n) is 3.61. The molecule has 0 aliphatic carbocycles. The molecule has 0 saturated carbocycles. The zero-order chi connectivity index (χ0) is 20.8. The first-order chi connectivity index (χ1) is 14.7. The van der Waals surface area contributed by atoms with Crippen LogP contribution in [-0.4, -0.2) is 44.2 Å². The molecule has 6 heteroatoms. The maximum absolute atomic E-state index is 12.3. The molecule has 1 aliphatic rings. The molecule has 0 bridgehead atoms. The Balaban J connectivity index is 1.29. The first-order valence-electron chi connectivity index (χ1n) is 10.1. The number of nitrogens with one attached hydrogen (secondary N) is 1. The molecule has 1 fully saturated rings. The van der Waals surface area contributed by atoms with Crippen LogP contribution in [0.4, 0.5) is 17.2 Å². The van der Waals surface area contributed by atoms with Gasteiger partial charge in [0, 0.05) is 31.9 Å². The molecule has 1 aliphatic heterocycles. The van der Waals surface area contributed by atoms with Gasteiger partial charge in [-0.1, -0.05) is 30.3 Å². The minimum atomic E-state index is -0.0637. The van der Waals surface area contributed by atoms with Gasteiger partial charge in [-0.25, -0.2) is 4.98 Å². The van der Waals surface area contributed by atoms with Gasteiger partial charge in [-0.05, 0) is 42.0 Å². The van der Waals surface area contributed by atoms with Crippen LogP contribution in [0.25, 0.3) is 0 Å². The number of amides is 1. The number of carbonyl (C=O) groups excluding carboxylic acids is 1. The molecule has 1 saturated heterocycles. The number of rotatable bonds is 6. The third kappa shape index (κ3) is 4.89. The van der Waals surface area contributed by atoms with Crippen molar-refractivity contribution in [3.05, 3.63) is 78.5 Å². The van der Waals surface area contributed by atoms with E-state index in [9.17, 15) is 4.79 Å². The molecule has 0 radical (unpaired) electrons. The SMILES string of the molecule is COc1ccc(CC(=O)Nc2ccc(N3CCN(c4ccccc4)CC3)nc2)cc1. The van der Waals surface area contributed by atoms with E-state index >= 15 is 0 Å². The standard InChI is InChI=1S/C24H26N4O2/c1-30-22-10-7-19(8-11-22)17-24(29)26-20-9-12-23(25-18-20)28-15-13-27(14-16-28)21-5-3-2-4-6-21/h2-12,18H,13-17H2,1H3,(H,26,29). The molecule has 0 unspecified atom stereocenters. The van der Waals surface area contributed by atoms with Crippen LogP contribution in [0.15, 0.2) is 72.9 Å². The van der Waals surface area contributed by atoms with E-state index in [1.54, 1.807) is 13.3 Å². The molecule has 1 amide bonds. The van der Waals surface area contributed by atoms with Gasteiger partial charge in [-0.3, -0.25) is 4.79 Å². The highest BCUT2D eigenvalue weighted by atomic mass is 16.5. The van der Waals surface area contributed by atoms with E-state index in [4.69, 9.17) is 4.74 Å². The second-order valence-electron chi connectivity index (χ2n) is 7.29. The summed E-state index contributed by atoms with van der Waals surface area (Å²) in [5.41, 5.74) is 2.91. The highest BCUT2D eigenvalue weighted by Gasteiger charge is 2.18. The number of ether oxygens (including phenoxy) is 1. The van der Waals surface area contributed by atoms with Crippen LogP contribution < -0.4 is 19.9 Å². The molecule has 154 valence electrons. The van der Waals surface area contributed by atoms with Gasteiger partial charge in [0.25, 0.3) is 0 Å². The molecule has 1 N–H and O–H groups in total. The highest BCUT2D eigenvalue weighted by Crippen LogP contribution is 2.20. The number of methoxy groups -OCH3 is 1. The van der Waals surface area contributed by atoms with Crippen molar-refractivity contribution in [1.29, 1.82) is 0 Å². The van der Waals surface area contributed by atoms with E-state index in [1.165, 1.54) is 5.69 Å². The maximum atomic E-state index is 12.3. The van der Waals surface area contributed by atoms with Crippen molar-refractivity contribution < 1.29 is 9.53 Å². The van der Waals surface area contributed by atoms with Gasteiger partial charge in [0.2, 0.25) is 5.91 Å². The molecular formula is C24H26N4O2. The number of hydrogen-bond donors (Lipinski definition) is 1. The van der Waals surface area contributed by atoms with Crippen LogP contribution in [-0.2, 0) is 11.2 Å². The van der Waals surface area contributed by atoms with Crippen molar-refractivity contribution in [2.75, 3.05) is 48.4 Å². The van der Waals surface area contributed by atoms with E-state index in [0.717, 1.165) is 43.3 Å². The third-order valence-electron chi connectivity index (χ3n) is 5.28. The highest BCUT2D eigenvalue weighted by molar-refractivity contribution is 5.92. The lowest BCUT2D eigenvalue weighted by Gasteiger charge is -2.36. The predicted octanol–water partition coefficient (Wildman–Crippen LogP) is 3.60. The predicted molar refractivity (Wildman–Crippen MR) is 120 cm³/mol. The van der Waals surface area contributed by atoms with Crippen LogP contribution in [0, 0.1) is 0 Å². The zero-order valence-corrected chi connectivity index (χ0v) is 17.1. The summed E-state index contributed by atoms with van der Waals surface area (Å²) in [4.78, 5) is 21.5. The second kappa shape index (κ2) is 9.31. The Morgan fingerprint density at radius 1 is 0.933 bits per heavy atom. The maximum Gasteiger partial charge on any atom is 0.228 e. The molecule has 4 rings (SSSR count). The molecule has 0 atom stereocenters. The quantitative estimate of drug-likeness (QED) is 0.683. The normalized spacial score (nSPS) is 13.8. The van der Waals surface area contributed by atoms with E-state index in [-0.39, 0.29) is 5.91 Å². The van der Waals surface area contributed by atoms with Gasteiger partial charge in [-0.15, -0.1) is 0 Å². The van der Waals surface area contributed by atoms with Gasteiger partial charge in [0.15, 0.2) is 0 Å². The minimum absolute atomic E-state index is 0.0637. The van der Waals surface area contributed by atoms with Crippen molar-refractivity contribution >= 4 is 23.1 Å². The summed E-state index contributed by atoms with van der Waals surface area (Å²) in [6, 6.07) is 21.9. The smallest absolute Gasteiger partial charge is 0.228 e. The average Bonchev–Trinajstić information content (AvgIpc) is 2.81. The Morgan fingerprint density at radius 3 is 2.27 bits per heavy atom. The van der Waals surface area contributed by atoms with Crippen LogP contribution >= 0.6 is 0 Å². The molecule has 1 aromatic heterocycles. The number of pyridine rings is 1. The molecule has 0 spiro atoms. The Labute approximate surface area is 177 Å². The Kier molecular flexibility index (Phi) is 6.13. The lowest BCUT2D eigenvalue weighted by Crippen LogP contribution is -2.46. The van der Waals surface area contributed by atoms with E-state index in [2.05, 4.69) is 44.4 Å². The van der Waals surface area contributed by atoms with Crippen molar-refractivity contribution in [3.63, 3.8) is 0 Å². The third-order valence-corrected chi connectivity index (χ3v) is 5.28. The molecule has 6 nitrogen and oxygen atoms in total. The second-order valence-corrected chi connectivity index (χ2v) is 7.29. The Morgan fingerprint density at radius 2 is 1.63 bits per heavy atom. The zero-order valence-electron chi connectivity index (χ0n) is 17.1. The summed E-state index contributed by atoms with van der Waals surface area (Å²) in [5.74, 6) is 1.66. The lowest BCUT2D eigenvalue weighted by atomic mass is 10.1. The lowest BCUT2D eigenvalue weighted by molar-refractivity contribution is -0.115. The van der Waals surface area contributed by atoms with E-state index < -0.39 is 0 Å². The molecular weight excluding hydrogens is 376 g/mol. The largest absolute Gasteiger partial charge is 0.497 e. The van der Waals surface area contributed by atoms with Gasteiger partial charge in [-0.2, -0.15) is 0 Å². The van der Waals surface area contributed by atoms with Crippen molar-refractivity contribution in [2.45, 2.75) is 6.42 Å². The topological polar surface area (TPSA) is 57.7 Å². The summed E-state index contributed by atoms with van der Waals surface area (Å²) in [5, 5.41) is 2.92. The fraction of sp³-hybridized carbons (Fsp3) is 0.250. The molecule has 2 heterocycles. The van der Waals surface area contributed by atoms with Crippen LogP contribution in [0.3, 0.4) is 0 Å². The van der Waals surface area contributed by atoms with E-state index in [0.29, 0.717) is 12.1 Å². The summed E-state index contributed by atoms with van der Waals surface area (Å²) in [6.07, 6.45) is 2.04. The van der Waals surface area contributed by atoms with Crippen LogP contribution in [0.2, 0.25) is 0 Å². The number of aromatic nitrogens is 1. The number of carbonyl (C=O) groups is 1. The number of hydrogen-bond acceptors (Lipinski definition) is 5. The number of nitrogens with zero attached hydrogens (tertiary/aromatic N) is 3. The van der Waals surface area contributed by atoms with E-state index in [1.807, 2.05) is 42.5 Å². The monoisotopic (exact) mass is 402 g/mol. The average molecular weight is 402 g/mol. The fourth-order valence-corrected chi connectivity index (χ4v) is 3.61. The van der Waals surface area contributed by atoms with Crippen LogP contribution in [0.1, 0.15) is 5.56 Å². The Bertz CT molecular complexity index is 951.